The third kappa shape index (κ3) is 3.18. The molecule has 2 amide bonds. The highest BCUT2D eigenvalue weighted by Crippen LogP contribution is 2.44. The number of nitrogens with zero attached hydrogens (tertiary/aromatic N) is 3. The topological polar surface area (TPSA) is 112 Å². The van der Waals surface area contributed by atoms with Crippen molar-refractivity contribution in [3.05, 3.63) is 34.5 Å². The summed E-state index contributed by atoms with van der Waals surface area (Å²) in [6, 6.07) is 1.26. The van der Waals surface area contributed by atoms with E-state index in [4.69, 9.17) is 9.88 Å². The number of aromatic nitrogens is 2. The highest BCUT2D eigenvalue weighted by molar-refractivity contribution is 7.91. The molecular weight excluding hydrogens is 409 g/mol. The number of anilines is 1. The number of fused-ring (bicyclic) bond motifs is 3. The number of hydrogen-bond donors (Lipinski definition) is 2. The summed E-state index contributed by atoms with van der Waals surface area (Å²) in [5, 5.41) is 12.9. The summed E-state index contributed by atoms with van der Waals surface area (Å²) in [5.74, 6) is 0.540. The van der Waals surface area contributed by atoms with Gasteiger partial charge in [0.1, 0.15) is 11.1 Å². The van der Waals surface area contributed by atoms with Crippen LogP contribution in [0.25, 0.3) is 0 Å². The van der Waals surface area contributed by atoms with Crippen molar-refractivity contribution in [2.45, 2.75) is 62.6 Å². The van der Waals surface area contributed by atoms with Gasteiger partial charge in [0.25, 0.3) is 0 Å². The van der Waals surface area contributed by atoms with Crippen molar-refractivity contribution < 1.29 is 18.1 Å². The molecular formula is C20H24FN5O3S. The lowest BCUT2D eigenvalue weighted by molar-refractivity contribution is 0.224. The van der Waals surface area contributed by atoms with Gasteiger partial charge in [-0.1, -0.05) is 13.0 Å². The van der Waals surface area contributed by atoms with Crippen LogP contribution in [0.15, 0.2) is 21.5 Å². The molecule has 0 spiro atoms. The molecule has 3 atom stereocenters. The van der Waals surface area contributed by atoms with E-state index in [0.717, 1.165) is 41.5 Å². The molecule has 0 bridgehead atoms. The van der Waals surface area contributed by atoms with Gasteiger partial charge in [0.2, 0.25) is 5.88 Å². The Hall–Kier alpha value is -2.46. The van der Waals surface area contributed by atoms with E-state index in [9.17, 15) is 13.4 Å². The van der Waals surface area contributed by atoms with Gasteiger partial charge < -0.3 is 10.1 Å². The molecule has 160 valence electrons. The molecule has 0 radical (unpaired) electrons. The number of halogens is 1. The summed E-state index contributed by atoms with van der Waals surface area (Å²) in [4.78, 5) is 12.9. The monoisotopic (exact) mass is 433 g/mol. The number of amides is 2. The van der Waals surface area contributed by atoms with Gasteiger partial charge in [-0.3, -0.25) is 0 Å². The highest BCUT2D eigenvalue weighted by Gasteiger charge is 2.32. The van der Waals surface area contributed by atoms with Crippen molar-refractivity contribution in [1.82, 2.24) is 9.78 Å². The normalized spacial score (nSPS) is 23.7. The van der Waals surface area contributed by atoms with E-state index in [1.165, 1.54) is 6.20 Å². The summed E-state index contributed by atoms with van der Waals surface area (Å²) in [7, 11) is -3.55. The van der Waals surface area contributed by atoms with Crippen LogP contribution in [0.2, 0.25) is 0 Å². The van der Waals surface area contributed by atoms with Gasteiger partial charge in [-0.25, -0.2) is 23.2 Å². The van der Waals surface area contributed by atoms with E-state index >= 15 is 0 Å². The lowest BCUT2D eigenvalue weighted by Crippen LogP contribution is -2.21. The number of hydrogen-bond acceptors (Lipinski definition) is 4. The number of benzene rings is 1. The lowest BCUT2D eigenvalue weighted by Gasteiger charge is -2.18. The van der Waals surface area contributed by atoms with E-state index in [1.54, 1.807) is 4.68 Å². The predicted molar refractivity (Wildman–Crippen MR) is 110 cm³/mol. The molecule has 0 saturated carbocycles. The van der Waals surface area contributed by atoms with Crippen LogP contribution in [0, 0.1) is 0 Å². The quantitative estimate of drug-likeness (QED) is 0.758. The SMILES string of the molecule is C[C@H]1CCc2cc3c(c(NC(=O)N=S(N)(=O)c4cnn5c4OCCC5)c21)C[C@H](F)C3. The predicted octanol–water partition coefficient (Wildman–Crippen LogP) is 3.08. The molecule has 2 heterocycles. The fraction of sp³-hybridized carbons (Fsp3) is 0.500. The summed E-state index contributed by atoms with van der Waals surface area (Å²) < 4.78 is 38.1. The molecule has 30 heavy (non-hydrogen) atoms. The van der Waals surface area contributed by atoms with Gasteiger partial charge in [0.15, 0.2) is 9.92 Å². The largest absolute Gasteiger partial charge is 0.477 e. The third-order valence-electron chi connectivity index (χ3n) is 6.14. The van der Waals surface area contributed by atoms with Gasteiger partial charge >= 0.3 is 6.03 Å². The molecule has 1 aliphatic heterocycles. The molecule has 10 heteroatoms. The number of nitrogens with two attached hydrogens (primary N) is 1. The van der Waals surface area contributed by atoms with Crippen molar-refractivity contribution in [3.8, 4) is 5.88 Å². The van der Waals surface area contributed by atoms with Gasteiger partial charge in [0.05, 0.1) is 12.8 Å². The fourth-order valence-corrected chi connectivity index (χ4v) is 5.79. The lowest BCUT2D eigenvalue weighted by atomic mass is 9.95. The minimum Gasteiger partial charge on any atom is -0.477 e. The maximum Gasteiger partial charge on any atom is 0.354 e. The first kappa shape index (κ1) is 19.5. The summed E-state index contributed by atoms with van der Waals surface area (Å²) in [6.45, 7) is 3.18. The van der Waals surface area contributed by atoms with E-state index in [2.05, 4.69) is 27.8 Å². The zero-order valence-electron chi connectivity index (χ0n) is 16.7. The molecule has 1 aromatic heterocycles. The van der Waals surface area contributed by atoms with Gasteiger partial charge in [-0.2, -0.15) is 5.10 Å². The van der Waals surface area contributed by atoms with Gasteiger partial charge in [-0.05, 0) is 41.0 Å². The molecule has 3 aliphatic rings. The first-order chi connectivity index (χ1) is 14.3. The Labute approximate surface area is 174 Å². The second-order valence-corrected chi connectivity index (χ2v) is 10.00. The van der Waals surface area contributed by atoms with E-state index in [0.29, 0.717) is 31.1 Å². The Morgan fingerprint density at radius 2 is 2.27 bits per heavy atom. The average molecular weight is 434 g/mol. The molecule has 8 nitrogen and oxygen atoms in total. The van der Waals surface area contributed by atoms with Crippen LogP contribution in [-0.4, -0.2) is 32.8 Å². The molecule has 1 aromatic carbocycles. The second kappa shape index (κ2) is 7.05. The van der Waals surface area contributed by atoms with Crippen molar-refractivity contribution in [2.75, 3.05) is 11.9 Å². The van der Waals surface area contributed by atoms with Crippen LogP contribution in [0.5, 0.6) is 5.88 Å². The number of carbonyl (C=O) groups excluding carboxylic acids is 1. The summed E-state index contributed by atoms with van der Waals surface area (Å²) in [6.07, 6.45) is 3.65. The molecule has 5 rings (SSSR count). The molecule has 1 unspecified atom stereocenters. The number of nitrogens with one attached hydrogen (secondary N) is 1. The smallest absolute Gasteiger partial charge is 0.354 e. The average Bonchev–Trinajstić information content (AvgIpc) is 3.37. The fourth-order valence-electron chi connectivity index (χ4n) is 4.78. The zero-order chi connectivity index (χ0) is 21.0. The van der Waals surface area contributed by atoms with Crippen LogP contribution in [0.1, 0.15) is 47.9 Å². The number of aryl methyl sites for hydroxylation is 2. The Bertz CT molecular complexity index is 1170. The standard InChI is InChI=1S/C20H24FN5O3S/c1-11-3-4-12-7-13-8-14(21)9-15(13)18(17(11)12)24-20(27)25-30(22,28)16-10-23-26-5-2-6-29-19(16)26/h7,10-11,14H,2-6,8-9H2,1H3,(H3,22,24,25,27,28)/t11-,14+,30?/m0/s1. The number of carbonyl (C=O) groups is 1. The molecule has 3 N–H and O–H groups in total. The van der Waals surface area contributed by atoms with Crippen LogP contribution in [0.3, 0.4) is 0 Å². The van der Waals surface area contributed by atoms with Gasteiger partial charge in [0, 0.05) is 31.5 Å². The molecule has 0 saturated heterocycles. The Morgan fingerprint density at radius 3 is 3.10 bits per heavy atom. The zero-order valence-corrected chi connectivity index (χ0v) is 17.5. The van der Waals surface area contributed by atoms with E-state index in [1.807, 2.05) is 0 Å². The summed E-state index contributed by atoms with van der Waals surface area (Å²) >= 11 is 0. The summed E-state index contributed by atoms with van der Waals surface area (Å²) in [5.41, 5.74) is 4.52. The van der Waals surface area contributed by atoms with Crippen LogP contribution in [-0.2, 0) is 35.7 Å². The highest BCUT2D eigenvalue weighted by atomic mass is 32.2. The first-order valence-electron chi connectivity index (χ1n) is 10.2. The minimum atomic E-state index is -3.55. The molecule has 2 aromatic rings. The molecule has 0 fully saturated rings. The van der Waals surface area contributed by atoms with Crippen molar-refractivity contribution in [1.29, 1.82) is 0 Å². The first-order valence-corrected chi connectivity index (χ1v) is 11.8. The number of rotatable bonds is 2. The Balaban J connectivity index is 1.51. The van der Waals surface area contributed by atoms with Crippen LogP contribution >= 0.6 is 0 Å². The van der Waals surface area contributed by atoms with Gasteiger partial charge in [-0.15, -0.1) is 4.36 Å². The Kier molecular flexibility index (Phi) is 4.59. The van der Waals surface area contributed by atoms with E-state index < -0.39 is 22.1 Å². The maximum atomic E-state index is 14.1. The number of urea groups is 1. The number of ether oxygens (including phenoxy) is 1. The number of alkyl halides is 1. The van der Waals surface area contributed by atoms with Crippen LogP contribution in [0.4, 0.5) is 14.9 Å². The minimum absolute atomic E-state index is 0.109. The maximum absolute atomic E-state index is 14.1. The van der Waals surface area contributed by atoms with Crippen LogP contribution < -0.4 is 15.2 Å². The Morgan fingerprint density at radius 1 is 1.43 bits per heavy atom. The van der Waals surface area contributed by atoms with Crippen molar-refractivity contribution >= 4 is 21.6 Å². The second-order valence-electron chi connectivity index (χ2n) is 8.24. The van der Waals surface area contributed by atoms with E-state index in [-0.39, 0.29) is 17.2 Å². The van der Waals surface area contributed by atoms with Crippen molar-refractivity contribution in [2.24, 2.45) is 9.50 Å². The third-order valence-corrected chi connectivity index (χ3v) is 7.49. The molecule has 2 aliphatic carbocycles. The van der Waals surface area contributed by atoms with Crippen molar-refractivity contribution in [3.63, 3.8) is 0 Å².